The van der Waals surface area contributed by atoms with Crippen LogP contribution in [0.4, 0.5) is 0 Å². The highest BCUT2D eigenvalue weighted by molar-refractivity contribution is 7.98. The van der Waals surface area contributed by atoms with Crippen molar-refractivity contribution in [3.63, 3.8) is 0 Å². The summed E-state index contributed by atoms with van der Waals surface area (Å²) in [4.78, 5) is 22.3. The Balaban J connectivity index is 2.24. The molecule has 2 aromatic rings. The number of pyridine rings is 1. The molecule has 0 aliphatic heterocycles. The van der Waals surface area contributed by atoms with E-state index < -0.39 is 0 Å². The number of ether oxygens (including phenoxy) is 1. The van der Waals surface area contributed by atoms with Gasteiger partial charge in [0.05, 0.1) is 12.4 Å². The smallest absolute Gasteiger partial charge is 0.294 e. The number of hydrogen-bond donors (Lipinski definition) is 1. The minimum absolute atomic E-state index is 0.161. The highest BCUT2D eigenvalue weighted by Gasteiger charge is 2.04. The standard InChI is InChI=1S/C11H11N3O2S/c1-7-3-4-8(5-12-7)16-9-6-13-11(17-2)14-10(9)15/h3-6H,1-2H3,(H,13,14,15). The molecule has 0 aliphatic carbocycles. The summed E-state index contributed by atoms with van der Waals surface area (Å²) in [7, 11) is 0. The van der Waals surface area contributed by atoms with E-state index in [0.717, 1.165) is 5.69 Å². The molecule has 0 fully saturated rings. The summed E-state index contributed by atoms with van der Waals surface area (Å²) in [5.74, 6) is 0.674. The average Bonchev–Trinajstić information content (AvgIpc) is 2.34. The van der Waals surface area contributed by atoms with Gasteiger partial charge in [0.2, 0.25) is 5.75 Å². The molecule has 17 heavy (non-hydrogen) atoms. The number of aromatic amines is 1. The van der Waals surface area contributed by atoms with Crippen molar-refractivity contribution in [1.29, 1.82) is 0 Å². The molecule has 88 valence electrons. The Morgan fingerprint density at radius 1 is 1.29 bits per heavy atom. The van der Waals surface area contributed by atoms with Crippen LogP contribution in [0, 0.1) is 6.92 Å². The van der Waals surface area contributed by atoms with Crippen LogP contribution in [0.2, 0.25) is 0 Å². The van der Waals surface area contributed by atoms with Crippen LogP contribution in [-0.4, -0.2) is 21.2 Å². The van der Waals surface area contributed by atoms with Crippen LogP contribution in [0.25, 0.3) is 0 Å². The van der Waals surface area contributed by atoms with Crippen LogP contribution in [-0.2, 0) is 0 Å². The Kier molecular flexibility index (Phi) is 3.43. The maximum Gasteiger partial charge on any atom is 0.294 e. The minimum atomic E-state index is -0.301. The van der Waals surface area contributed by atoms with Crippen molar-refractivity contribution in [2.24, 2.45) is 0 Å². The monoisotopic (exact) mass is 249 g/mol. The maximum atomic E-state index is 11.6. The third-order valence-corrected chi connectivity index (χ3v) is 2.64. The number of nitrogens with zero attached hydrogens (tertiary/aromatic N) is 2. The van der Waals surface area contributed by atoms with Gasteiger partial charge >= 0.3 is 0 Å². The lowest BCUT2D eigenvalue weighted by Gasteiger charge is -2.04. The predicted molar refractivity (Wildman–Crippen MR) is 65.7 cm³/mol. The molecule has 0 saturated heterocycles. The fourth-order valence-corrected chi connectivity index (χ4v) is 1.54. The summed E-state index contributed by atoms with van der Waals surface area (Å²) in [5, 5.41) is 0.560. The quantitative estimate of drug-likeness (QED) is 0.665. The van der Waals surface area contributed by atoms with Crippen molar-refractivity contribution in [2.45, 2.75) is 12.1 Å². The largest absolute Gasteiger partial charge is 0.448 e. The fourth-order valence-electron chi connectivity index (χ4n) is 1.18. The first-order chi connectivity index (χ1) is 8.19. The molecule has 0 aromatic carbocycles. The molecule has 2 heterocycles. The van der Waals surface area contributed by atoms with E-state index in [1.807, 2.05) is 19.2 Å². The topological polar surface area (TPSA) is 67.9 Å². The van der Waals surface area contributed by atoms with Gasteiger partial charge in [0.25, 0.3) is 5.56 Å². The van der Waals surface area contributed by atoms with Gasteiger partial charge in [-0.15, -0.1) is 0 Å². The van der Waals surface area contributed by atoms with Gasteiger partial charge in [0.15, 0.2) is 5.16 Å². The molecule has 1 N–H and O–H groups in total. The van der Waals surface area contributed by atoms with Crippen LogP contribution >= 0.6 is 11.8 Å². The molecule has 0 spiro atoms. The summed E-state index contributed by atoms with van der Waals surface area (Å²) < 4.78 is 5.39. The Morgan fingerprint density at radius 2 is 2.12 bits per heavy atom. The summed E-state index contributed by atoms with van der Waals surface area (Å²) in [5.41, 5.74) is 0.590. The first-order valence-electron chi connectivity index (χ1n) is 4.93. The van der Waals surface area contributed by atoms with E-state index in [-0.39, 0.29) is 11.3 Å². The Morgan fingerprint density at radius 3 is 2.71 bits per heavy atom. The van der Waals surface area contributed by atoms with E-state index in [2.05, 4.69) is 15.0 Å². The van der Waals surface area contributed by atoms with Crippen LogP contribution in [0.1, 0.15) is 5.69 Å². The summed E-state index contributed by atoms with van der Waals surface area (Å²) in [6, 6.07) is 3.57. The van der Waals surface area contributed by atoms with Crippen molar-refractivity contribution >= 4 is 11.8 Å². The highest BCUT2D eigenvalue weighted by atomic mass is 32.2. The summed E-state index contributed by atoms with van der Waals surface area (Å²) in [6.45, 7) is 1.88. The molecule has 0 unspecified atom stereocenters. The molecule has 0 aliphatic rings. The van der Waals surface area contributed by atoms with Crippen LogP contribution < -0.4 is 10.3 Å². The first kappa shape index (κ1) is 11.7. The maximum absolute atomic E-state index is 11.6. The number of aryl methyl sites for hydroxylation is 1. The molecular weight excluding hydrogens is 238 g/mol. The third-order valence-electron chi connectivity index (χ3n) is 2.05. The Labute approximate surface area is 102 Å². The number of thioether (sulfide) groups is 1. The second kappa shape index (κ2) is 5.01. The molecule has 6 heteroatoms. The van der Waals surface area contributed by atoms with E-state index in [1.54, 1.807) is 12.3 Å². The average molecular weight is 249 g/mol. The SMILES string of the molecule is CSc1ncc(Oc2ccc(C)nc2)c(=O)[nH]1. The van der Waals surface area contributed by atoms with Gasteiger partial charge in [-0.3, -0.25) is 14.8 Å². The Hall–Kier alpha value is -1.82. The molecule has 0 atom stereocenters. The Bertz CT molecular complexity index is 566. The normalized spacial score (nSPS) is 10.2. The van der Waals surface area contributed by atoms with Gasteiger partial charge < -0.3 is 4.74 Å². The predicted octanol–water partition coefficient (Wildman–Crippen LogP) is 1.99. The number of rotatable bonds is 3. The third kappa shape index (κ3) is 2.85. The number of hydrogen-bond acceptors (Lipinski definition) is 5. The number of nitrogens with one attached hydrogen (secondary N) is 1. The number of H-pyrrole nitrogens is 1. The molecular formula is C11H11N3O2S. The van der Waals surface area contributed by atoms with Crippen molar-refractivity contribution in [2.75, 3.05) is 6.26 Å². The highest BCUT2D eigenvalue weighted by Crippen LogP contribution is 2.16. The minimum Gasteiger partial charge on any atom is -0.448 e. The van der Waals surface area contributed by atoms with Gasteiger partial charge in [0, 0.05) is 5.69 Å². The zero-order valence-electron chi connectivity index (χ0n) is 9.43. The molecule has 0 amide bonds. The first-order valence-corrected chi connectivity index (χ1v) is 6.15. The van der Waals surface area contributed by atoms with Gasteiger partial charge in [-0.05, 0) is 25.3 Å². The van der Waals surface area contributed by atoms with Crippen molar-refractivity contribution < 1.29 is 4.74 Å². The van der Waals surface area contributed by atoms with Gasteiger partial charge in [-0.25, -0.2) is 4.98 Å². The van der Waals surface area contributed by atoms with E-state index in [9.17, 15) is 4.79 Å². The second-order valence-corrected chi connectivity index (χ2v) is 4.12. The summed E-state index contributed by atoms with van der Waals surface area (Å²) >= 11 is 1.37. The summed E-state index contributed by atoms with van der Waals surface area (Å²) in [6.07, 6.45) is 4.81. The molecule has 0 saturated carbocycles. The van der Waals surface area contributed by atoms with Crippen LogP contribution in [0.5, 0.6) is 11.5 Å². The lowest BCUT2D eigenvalue weighted by molar-refractivity contribution is 0.466. The zero-order chi connectivity index (χ0) is 12.3. The van der Waals surface area contributed by atoms with Crippen LogP contribution in [0.15, 0.2) is 34.5 Å². The molecule has 0 bridgehead atoms. The van der Waals surface area contributed by atoms with E-state index in [0.29, 0.717) is 10.9 Å². The van der Waals surface area contributed by atoms with Crippen LogP contribution in [0.3, 0.4) is 0 Å². The van der Waals surface area contributed by atoms with E-state index >= 15 is 0 Å². The van der Waals surface area contributed by atoms with E-state index in [4.69, 9.17) is 4.74 Å². The van der Waals surface area contributed by atoms with Crippen molar-refractivity contribution in [1.82, 2.24) is 15.0 Å². The van der Waals surface area contributed by atoms with Crippen molar-refractivity contribution in [3.8, 4) is 11.5 Å². The lowest BCUT2D eigenvalue weighted by atomic mass is 10.4. The molecule has 2 rings (SSSR count). The fraction of sp³-hybridized carbons (Fsp3) is 0.182. The molecule has 2 aromatic heterocycles. The second-order valence-electron chi connectivity index (χ2n) is 3.32. The lowest BCUT2D eigenvalue weighted by Crippen LogP contribution is -2.10. The van der Waals surface area contributed by atoms with E-state index in [1.165, 1.54) is 18.0 Å². The van der Waals surface area contributed by atoms with Gasteiger partial charge in [-0.2, -0.15) is 0 Å². The van der Waals surface area contributed by atoms with Gasteiger partial charge in [-0.1, -0.05) is 11.8 Å². The zero-order valence-corrected chi connectivity index (χ0v) is 10.2. The molecule has 0 radical (unpaired) electrons. The van der Waals surface area contributed by atoms with Gasteiger partial charge in [0.1, 0.15) is 5.75 Å². The molecule has 5 nitrogen and oxygen atoms in total. The van der Waals surface area contributed by atoms with Crippen molar-refractivity contribution in [3.05, 3.63) is 40.6 Å². The number of aromatic nitrogens is 3.